The number of nitrogens with zero attached hydrogens (tertiary/aromatic N) is 1. The fraction of sp³-hybridized carbons (Fsp3) is 0.280. The summed E-state index contributed by atoms with van der Waals surface area (Å²) in [6.45, 7) is 1.64. The summed E-state index contributed by atoms with van der Waals surface area (Å²) < 4.78 is 16.0. The predicted octanol–water partition coefficient (Wildman–Crippen LogP) is 3.72. The Morgan fingerprint density at radius 1 is 1.06 bits per heavy atom. The molecular formula is C25H26N2O6. The second-order valence-corrected chi connectivity index (χ2v) is 7.81. The first-order chi connectivity index (χ1) is 15.9. The average molecular weight is 450 g/mol. The summed E-state index contributed by atoms with van der Waals surface area (Å²) in [4.78, 5) is 30.2. The highest BCUT2D eigenvalue weighted by molar-refractivity contribution is 6.08. The number of fused-ring (bicyclic) bond motifs is 1. The maximum absolute atomic E-state index is 13.0. The number of H-pyrrole nitrogens is 1. The number of aromatic nitrogens is 1. The Hall–Kier alpha value is -3.94. The molecule has 0 radical (unpaired) electrons. The number of benzene rings is 2. The van der Waals surface area contributed by atoms with Crippen LogP contribution < -0.4 is 14.2 Å². The number of carbonyl (C=O) groups excluding carboxylic acids is 2. The molecule has 0 saturated heterocycles. The van der Waals surface area contributed by atoms with E-state index in [0.29, 0.717) is 30.0 Å². The van der Waals surface area contributed by atoms with Crippen LogP contribution in [0.1, 0.15) is 24.1 Å². The predicted molar refractivity (Wildman–Crippen MR) is 123 cm³/mol. The van der Waals surface area contributed by atoms with Crippen molar-refractivity contribution in [3.05, 3.63) is 65.1 Å². The van der Waals surface area contributed by atoms with Gasteiger partial charge in [0.1, 0.15) is 5.75 Å². The van der Waals surface area contributed by atoms with Crippen LogP contribution in [0.4, 0.5) is 0 Å². The third-order valence-corrected chi connectivity index (χ3v) is 6.00. The third kappa shape index (κ3) is 3.88. The van der Waals surface area contributed by atoms with Crippen molar-refractivity contribution < 1.29 is 28.9 Å². The number of rotatable bonds is 8. The molecule has 0 saturated carbocycles. The molecule has 2 N–H and O–H groups in total. The van der Waals surface area contributed by atoms with E-state index in [1.807, 2.05) is 24.4 Å². The molecule has 0 unspecified atom stereocenters. The molecule has 8 nitrogen and oxygen atoms in total. The number of ketones is 1. The molecule has 0 fully saturated rings. The van der Waals surface area contributed by atoms with E-state index in [-0.39, 0.29) is 11.4 Å². The zero-order chi connectivity index (χ0) is 23.7. The summed E-state index contributed by atoms with van der Waals surface area (Å²) >= 11 is 0. The van der Waals surface area contributed by atoms with Crippen molar-refractivity contribution in [1.29, 1.82) is 0 Å². The SMILES string of the molecule is COc1ccc2[nH]cc(CCN3C(=O)C(O)=C(C(C)=O)[C@@H]3c3ccc(OC)c(OC)c3)c2c1. The van der Waals surface area contributed by atoms with E-state index in [1.165, 1.54) is 26.0 Å². The summed E-state index contributed by atoms with van der Waals surface area (Å²) in [7, 11) is 4.66. The van der Waals surface area contributed by atoms with E-state index in [9.17, 15) is 14.7 Å². The molecule has 1 amide bonds. The number of aromatic amines is 1. The largest absolute Gasteiger partial charge is 0.503 e. The van der Waals surface area contributed by atoms with Crippen LogP contribution >= 0.6 is 0 Å². The number of methoxy groups -OCH3 is 3. The highest BCUT2D eigenvalue weighted by Gasteiger charge is 2.42. The molecule has 1 aliphatic rings. The fourth-order valence-electron chi connectivity index (χ4n) is 4.35. The molecule has 0 spiro atoms. The molecule has 2 aromatic carbocycles. The van der Waals surface area contributed by atoms with Crippen LogP contribution in [0.5, 0.6) is 17.2 Å². The van der Waals surface area contributed by atoms with Crippen LogP contribution in [0.15, 0.2) is 53.9 Å². The molecule has 0 bridgehead atoms. The van der Waals surface area contributed by atoms with Gasteiger partial charge in [-0.1, -0.05) is 6.07 Å². The number of nitrogens with one attached hydrogen (secondary N) is 1. The molecule has 33 heavy (non-hydrogen) atoms. The minimum absolute atomic E-state index is 0.0767. The Morgan fingerprint density at radius 3 is 2.48 bits per heavy atom. The van der Waals surface area contributed by atoms with Crippen molar-refractivity contribution in [2.45, 2.75) is 19.4 Å². The van der Waals surface area contributed by atoms with Gasteiger partial charge < -0.3 is 29.2 Å². The van der Waals surface area contributed by atoms with Gasteiger partial charge in [-0.15, -0.1) is 0 Å². The molecule has 1 atom stereocenters. The van der Waals surface area contributed by atoms with Gasteiger partial charge in [-0.05, 0) is 54.8 Å². The highest BCUT2D eigenvalue weighted by atomic mass is 16.5. The number of aliphatic hydroxyl groups excluding tert-OH is 1. The lowest BCUT2D eigenvalue weighted by Crippen LogP contribution is -2.32. The number of aliphatic hydroxyl groups is 1. The van der Waals surface area contributed by atoms with Crippen LogP contribution in [-0.2, 0) is 16.0 Å². The molecule has 1 aromatic heterocycles. The maximum Gasteiger partial charge on any atom is 0.290 e. The summed E-state index contributed by atoms with van der Waals surface area (Å²) in [6.07, 6.45) is 2.41. The van der Waals surface area contributed by atoms with Gasteiger partial charge in [-0.3, -0.25) is 9.59 Å². The summed E-state index contributed by atoms with van der Waals surface area (Å²) in [5.74, 6) is 0.296. The molecule has 8 heteroatoms. The van der Waals surface area contributed by atoms with Gasteiger partial charge in [0.15, 0.2) is 23.0 Å². The highest BCUT2D eigenvalue weighted by Crippen LogP contribution is 2.41. The Bertz CT molecular complexity index is 1260. The zero-order valence-electron chi connectivity index (χ0n) is 19.0. The van der Waals surface area contributed by atoms with Crippen molar-refractivity contribution in [3.8, 4) is 17.2 Å². The van der Waals surface area contributed by atoms with E-state index in [2.05, 4.69) is 4.98 Å². The normalized spacial score (nSPS) is 15.9. The van der Waals surface area contributed by atoms with Crippen LogP contribution in [0.25, 0.3) is 10.9 Å². The molecule has 1 aliphatic heterocycles. The minimum Gasteiger partial charge on any atom is -0.503 e. The average Bonchev–Trinajstić information content (AvgIpc) is 3.34. The lowest BCUT2D eigenvalue weighted by atomic mass is 9.96. The van der Waals surface area contributed by atoms with E-state index < -0.39 is 17.7 Å². The summed E-state index contributed by atoms with van der Waals surface area (Å²) in [5, 5.41) is 11.5. The summed E-state index contributed by atoms with van der Waals surface area (Å²) in [6, 6.07) is 10.2. The second kappa shape index (κ2) is 8.90. The van der Waals surface area contributed by atoms with Gasteiger partial charge >= 0.3 is 0 Å². The Balaban J connectivity index is 1.69. The summed E-state index contributed by atoms with van der Waals surface area (Å²) in [5.41, 5.74) is 2.68. The van der Waals surface area contributed by atoms with Crippen molar-refractivity contribution in [3.63, 3.8) is 0 Å². The Kier molecular flexibility index (Phi) is 6.00. The first-order valence-electron chi connectivity index (χ1n) is 10.5. The van der Waals surface area contributed by atoms with Gasteiger partial charge in [0.05, 0.1) is 32.9 Å². The van der Waals surface area contributed by atoms with Crippen LogP contribution in [0, 0.1) is 0 Å². The lowest BCUT2D eigenvalue weighted by Gasteiger charge is -2.27. The second-order valence-electron chi connectivity index (χ2n) is 7.81. The molecule has 4 rings (SSSR count). The quantitative estimate of drug-likeness (QED) is 0.543. The molecule has 2 heterocycles. The Labute approximate surface area is 191 Å². The molecule has 3 aromatic rings. The van der Waals surface area contributed by atoms with Gasteiger partial charge in [-0.25, -0.2) is 0 Å². The van der Waals surface area contributed by atoms with Crippen molar-refractivity contribution in [1.82, 2.24) is 9.88 Å². The van der Waals surface area contributed by atoms with Crippen LogP contribution in [0.2, 0.25) is 0 Å². The molecule has 172 valence electrons. The number of hydrogen-bond donors (Lipinski definition) is 2. The van der Waals surface area contributed by atoms with Crippen molar-refractivity contribution in [2.24, 2.45) is 0 Å². The first kappa shape index (κ1) is 22.3. The van der Waals surface area contributed by atoms with Gasteiger partial charge in [0, 0.05) is 23.6 Å². The van der Waals surface area contributed by atoms with Gasteiger partial charge in [0.25, 0.3) is 5.91 Å². The topological polar surface area (TPSA) is 101 Å². The number of amides is 1. The van der Waals surface area contributed by atoms with Gasteiger partial charge in [0.2, 0.25) is 0 Å². The van der Waals surface area contributed by atoms with E-state index in [1.54, 1.807) is 25.3 Å². The van der Waals surface area contributed by atoms with E-state index >= 15 is 0 Å². The number of hydrogen-bond acceptors (Lipinski definition) is 6. The Morgan fingerprint density at radius 2 is 1.82 bits per heavy atom. The van der Waals surface area contributed by atoms with Gasteiger partial charge in [-0.2, -0.15) is 0 Å². The molecule has 0 aliphatic carbocycles. The standard InChI is InChI=1S/C25H26N2O6/c1-14(28)22-23(15-5-8-20(32-3)21(11-15)33-4)27(25(30)24(22)29)10-9-16-13-26-19-7-6-17(31-2)12-18(16)19/h5-8,11-13,23,26,29H,9-10H2,1-4H3/t23-/m0/s1. The van der Waals surface area contributed by atoms with Crippen LogP contribution in [0.3, 0.4) is 0 Å². The smallest absolute Gasteiger partial charge is 0.290 e. The third-order valence-electron chi connectivity index (χ3n) is 6.00. The number of ether oxygens (including phenoxy) is 3. The number of Topliss-reactive ketones (excluding diaryl/α,β-unsaturated/α-hetero) is 1. The first-order valence-corrected chi connectivity index (χ1v) is 10.5. The number of carbonyl (C=O) groups is 2. The minimum atomic E-state index is -0.727. The fourth-order valence-corrected chi connectivity index (χ4v) is 4.35. The van der Waals surface area contributed by atoms with Crippen molar-refractivity contribution in [2.75, 3.05) is 27.9 Å². The van der Waals surface area contributed by atoms with E-state index in [0.717, 1.165) is 22.2 Å². The maximum atomic E-state index is 13.0. The van der Waals surface area contributed by atoms with Crippen LogP contribution in [-0.4, -0.2) is 54.6 Å². The zero-order valence-corrected chi connectivity index (χ0v) is 19.0. The van der Waals surface area contributed by atoms with Crippen molar-refractivity contribution >= 4 is 22.6 Å². The lowest BCUT2D eigenvalue weighted by molar-refractivity contribution is -0.129. The van der Waals surface area contributed by atoms with E-state index in [4.69, 9.17) is 14.2 Å². The molecular weight excluding hydrogens is 424 g/mol. The monoisotopic (exact) mass is 450 g/mol.